The number of rotatable bonds is 8. The van der Waals surface area contributed by atoms with Crippen LogP contribution >= 0.6 is 0 Å². The number of nitrogen functional groups attached to an aromatic ring is 1. The van der Waals surface area contributed by atoms with Gasteiger partial charge in [0.05, 0.1) is 0 Å². The highest BCUT2D eigenvalue weighted by atomic mass is 14.9. The molecule has 2 heteroatoms. The molecule has 10 aromatic rings. The quantitative estimate of drug-likeness (QED) is 0.149. The van der Waals surface area contributed by atoms with Gasteiger partial charge in [-0.3, -0.25) is 0 Å². The summed E-state index contributed by atoms with van der Waals surface area (Å²) in [6, 6.07) is 79.4. The third-order valence-electron chi connectivity index (χ3n) is 13.5. The summed E-state index contributed by atoms with van der Waals surface area (Å²) >= 11 is 0. The van der Waals surface area contributed by atoms with Gasteiger partial charge in [-0.25, -0.2) is 0 Å². The average Bonchev–Trinajstić information content (AvgIpc) is 3.47. The number of hydrogen-bond acceptors (Lipinski definition) is 2. The van der Waals surface area contributed by atoms with Gasteiger partial charge in [0.2, 0.25) is 0 Å². The third-order valence-corrected chi connectivity index (χ3v) is 13.5. The van der Waals surface area contributed by atoms with E-state index in [0.29, 0.717) is 11.8 Å². The van der Waals surface area contributed by atoms with Crippen molar-refractivity contribution in [3.63, 3.8) is 0 Å². The number of fused-ring (bicyclic) bond motifs is 3. The molecular weight excluding hydrogens is 905 g/mol. The van der Waals surface area contributed by atoms with E-state index in [-0.39, 0.29) is 0 Å². The Bertz CT molecular complexity index is 3250. The lowest BCUT2D eigenvalue weighted by atomic mass is 9.85. The van der Waals surface area contributed by atoms with Crippen LogP contribution in [0.5, 0.6) is 0 Å². The second-order valence-electron chi connectivity index (χ2n) is 19.0. The second kappa shape index (κ2) is 29.1. The van der Waals surface area contributed by atoms with Gasteiger partial charge in [-0.1, -0.05) is 255 Å². The maximum atomic E-state index is 6.02. The van der Waals surface area contributed by atoms with Crippen LogP contribution in [0, 0.1) is 13.8 Å². The molecule has 0 amide bonds. The van der Waals surface area contributed by atoms with E-state index in [0.717, 1.165) is 36.3 Å². The number of allylic oxidation sites excluding steroid dienone is 1. The number of aryl methyl sites for hydroxylation is 2. The van der Waals surface area contributed by atoms with E-state index in [4.69, 9.17) is 5.73 Å². The van der Waals surface area contributed by atoms with Gasteiger partial charge in [0, 0.05) is 17.1 Å². The fraction of sp³-hybridized carbons (Fsp3) is 0.205. The third kappa shape index (κ3) is 15.5. The molecule has 1 atom stereocenters. The zero-order valence-electron chi connectivity index (χ0n) is 46.4. The minimum atomic E-state index is 0.497. The maximum absolute atomic E-state index is 6.02. The zero-order valence-corrected chi connectivity index (χ0v) is 46.4. The fourth-order valence-corrected chi connectivity index (χ4v) is 9.47. The van der Waals surface area contributed by atoms with E-state index in [9.17, 15) is 0 Å². The van der Waals surface area contributed by atoms with Crippen molar-refractivity contribution in [3.05, 3.63) is 264 Å². The van der Waals surface area contributed by atoms with Crippen molar-refractivity contribution >= 4 is 44.7 Å². The second-order valence-corrected chi connectivity index (χ2v) is 19.0. The summed E-state index contributed by atoms with van der Waals surface area (Å²) in [5, 5.41) is 8.67. The number of benzene rings is 10. The summed E-state index contributed by atoms with van der Waals surface area (Å²) in [7, 11) is 0. The summed E-state index contributed by atoms with van der Waals surface area (Å²) in [4.78, 5) is 0. The molecule has 0 aliphatic heterocycles. The maximum Gasteiger partial charge on any atom is 0.0384 e. The van der Waals surface area contributed by atoms with Crippen molar-refractivity contribution in [1.29, 1.82) is 0 Å². The summed E-state index contributed by atoms with van der Waals surface area (Å²) < 4.78 is 0. The zero-order chi connectivity index (χ0) is 53.5. The van der Waals surface area contributed by atoms with Crippen LogP contribution in [0.2, 0.25) is 0 Å². The van der Waals surface area contributed by atoms with E-state index in [1.807, 2.05) is 70.2 Å². The largest absolute Gasteiger partial charge is 0.398 e. The molecule has 1 aliphatic carbocycles. The molecule has 0 saturated heterocycles. The summed E-state index contributed by atoms with van der Waals surface area (Å²) in [6.45, 7) is 21.4. The Morgan fingerprint density at radius 1 is 0.467 bits per heavy atom. The molecule has 1 aliphatic rings. The van der Waals surface area contributed by atoms with Crippen LogP contribution in [-0.2, 0) is 6.42 Å². The molecule has 3 N–H and O–H groups in total. The number of nitrogens with two attached hydrogens (primary N) is 1. The van der Waals surface area contributed by atoms with Gasteiger partial charge in [-0.2, -0.15) is 0 Å². The first-order valence-electron chi connectivity index (χ1n) is 27.3. The van der Waals surface area contributed by atoms with Crippen molar-refractivity contribution in [2.45, 2.75) is 100 Å². The van der Waals surface area contributed by atoms with Crippen LogP contribution < -0.4 is 11.1 Å². The standard InChI is InChI=1S/C39H35N.C13H17N.C10H8.C7H8.2C2H6/c1-4-27(2)37-23-20-34(26-39(37)38-25-33-11-9-8-10-32(33)24-28(38)3)31-16-14-29(15-17-31)30-18-21-36(22-19-30)40-35-12-6-5-7-13-35;1-9(2)13-11-6-4-3-5-10(11)7-8-12(13)14;1-2-6-10-8-4-3-7-9(10)5-1;1-7-5-3-2-4-6-7;2*1-2/h5-27,40H,4H2,1-3H3;3,5,7-9H,4,6,14H2,1-2H3;1-8H;2-6H,1H3;2*1-2H3. The van der Waals surface area contributed by atoms with Gasteiger partial charge < -0.3 is 11.1 Å². The fourth-order valence-electron chi connectivity index (χ4n) is 9.47. The Hall–Kier alpha value is -7.94. The first kappa shape index (κ1) is 56.4. The highest BCUT2D eigenvalue weighted by molar-refractivity contribution is 5.91. The minimum absolute atomic E-state index is 0.497. The number of nitrogens with one attached hydrogen (secondary N) is 1. The van der Waals surface area contributed by atoms with E-state index >= 15 is 0 Å². The molecule has 0 saturated carbocycles. The normalized spacial score (nSPS) is 11.3. The van der Waals surface area contributed by atoms with Crippen LogP contribution in [0.4, 0.5) is 17.1 Å². The van der Waals surface area contributed by atoms with E-state index in [2.05, 4.69) is 241 Å². The van der Waals surface area contributed by atoms with Gasteiger partial charge >= 0.3 is 0 Å². The van der Waals surface area contributed by atoms with Crippen molar-refractivity contribution in [1.82, 2.24) is 0 Å². The predicted octanol–water partition coefficient (Wildman–Crippen LogP) is 21.6. The SMILES string of the molecule is CC.CC.CC(C)c1c(N)ccc2c1CCC=C2.CCC(C)c1ccc(-c2ccc(-c3ccc(Nc4ccccc4)cc3)cc2)cc1-c1cc2ccccc2cc1C.Cc1ccccc1.c1ccc2ccccc2c1. The minimum Gasteiger partial charge on any atom is -0.398 e. The van der Waals surface area contributed by atoms with E-state index < -0.39 is 0 Å². The van der Waals surface area contributed by atoms with Crippen LogP contribution in [0.15, 0.2) is 231 Å². The molecule has 10 aromatic carbocycles. The molecule has 75 heavy (non-hydrogen) atoms. The molecule has 11 rings (SSSR count). The van der Waals surface area contributed by atoms with Crippen molar-refractivity contribution in [3.8, 4) is 33.4 Å². The Balaban J connectivity index is 0.000000209. The highest BCUT2D eigenvalue weighted by Crippen LogP contribution is 2.39. The topological polar surface area (TPSA) is 38.0 Å². The van der Waals surface area contributed by atoms with Crippen LogP contribution in [0.3, 0.4) is 0 Å². The number of para-hydroxylation sites is 1. The lowest BCUT2D eigenvalue weighted by molar-refractivity contribution is 0.735. The molecule has 382 valence electrons. The van der Waals surface area contributed by atoms with E-state index in [1.54, 1.807) is 0 Å². The van der Waals surface area contributed by atoms with Gasteiger partial charge in [-0.15, -0.1) is 0 Å². The van der Waals surface area contributed by atoms with Gasteiger partial charge in [0.15, 0.2) is 0 Å². The van der Waals surface area contributed by atoms with Gasteiger partial charge in [0.25, 0.3) is 0 Å². The van der Waals surface area contributed by atoms with Gasteiger partial charge in [-0.05, 0) is 170 Å². The van der Waals surface area contributed by atoms with Crippen LogP contribution in [0.25, 0.3) is 61.0 Å². The van der Waals surface area contributed by atoms with Crippen LogP contribution in [-0.4, -0.2) is 0 Å². The average molecular weight is 985 g/mol. The highest BCUT2D eigenvalue weighted by Gasteiger charge is 2.16. The lowest BCUT2D eigenvalue weighted by Crippen LogP contribution is -2.06. The molecule has 0 bridgehead atoms. The Labute approximate surface area is 451 Å². The molecule has 0 spiro atoms. The molecule has 1 unspecified atom stereocenters. The molecule has 0 aromatic heterocycles. The Morgan fingerprint density at radius 2 is 0.933 bits per heavy atom. The summed E-state index contributed by atoms with van der Waals surface area (Å²) in [5.41, 5.74) is 25.0. The number of hydrogen-bond donors (Lipinski definition) is 2. The van der Waals surface area contributed by atoms with Crippen molar-refractivity contribution in [2.75, 3.05) is 11.1 Å². The molecule has 2 nitrogen and oxygen atoms in total. The molecular formula is C73H80N2. The molecule has 0 heterocycles. The first-order chi connectivity index (χ1) is 36.6. The summed E-state index contributed by atoms with van der Waals surface area (Å²) in [5.74, 6) is 1.02. The smallest absolute Gasteiger partial charge is 0.0384 e. The van der Waals surface area contributed by atoms with Gasteiger partial charge in [0.1, 0.15) is 0 Å². The Kier molecular flexibility index (Phi) is 21.9. The van der Waals surface area contributed by atoms with Crippen molar-refractivity contribution < 1.29 is 0 Å². The van der Waals surface area contributed by atoms with Crippen molar-refractivity contribution in [2.24, 2.45) is 0 Å². The number of anilines is 3. The monoisotopic (exact) mass is 985 g/mol. The van der Waals surface area contributed by atoms with E-state index in [1.165, 1.54) is 88.3 Å². The Morgan fingerprint density at radius 3 is 1.45 bits per heavy atom. The molecule has 0 radical (unpaired) electrons. The summed E-state index contributed by atoms with van der Waals surface area (Å²) in [6.07, 6.45) is 7.86. The first-order valence-corrected chi connectivity index (χ1v) is 27.3. The molecule has 0 fully saturated rings. The lowest BCUT2D eigenvalue weighted by Gasteiger charge is -2.20. The van der Waals surface area contributed by atoms with Crippen LogP contribution in [0.1, 0.15) is 113 Å². The predicted molar refractivity (Wildman–Crippen MR) is 334 cm³/mol.